The Morgan fingerprint density at radius 3 is 2.00 bits per heavy atom. The summed E-state index contributed by atoms with van der Waals surface area (Å²) in [5.41, 5.74) is 3.98. The second-order valence-electron chi connectivity index (χ2n) is 5.88. The van der Waals surface area contributed by atoms with E-state index in [1.165, 1.54) is 16.8 Å². The van der Waals surface area contributed by atoms with Gasteiger partial charge in [-0.2, -0.15) is 0 Å². The summed E-state index contributed by atoms with van der Waals surface area (Å²) in [6.07, 6.45) is 0. The number of para-hydroxylation sites is 1. The number of hydrogen-bond acceptors (Lipinski definition) is 2. The molecule has 0 aliphatic rings. The summed E-state index contributed by atoms with van der Waals surface area (Å²) in [7, 11) is 4.17. The minimum Gasteiger partial charge on any atom is -0.373 e. The van der Waals surface area contributed by atoms with Crippen LogP contribution in [0.4, 0.5) is 5.69 Å². The molecule has 0 saturated heterocycles. The summed E-state index contributed by atoms with van der Waals surface area (Å²) in [5, 5.41) is 3.43. The molecular formula is C19H26N2. The number of rotatable bonds is 6. The van der Waals surface area contributed by atoms with E-state index >= 15 is 0 Å². The van der Waals surface area contributed by atoms with Crippen molar-refractivity contribution in [2.24, 2.45) is 0 Å². The molecule has 1 atom stereocenters. The van der Waals surface area contributed by atoms with E-state index in [9.17, 15) is 0 Å². The molecule has 0 heterocycles. The van der Waals surface area contributed by atoms with Crippen molar-refractivity contribution in [2.75, 3.05) is 25.5 Å². The van der Waals surface area contributed by atoms with Gasteiger partial charge in [-0.3, -0.25) is 0 Å². The summed E-state index contributed by atoms with van der Waals surface area (Å²) >= 11 is 0. The molecule has 0 aliphatic carbocycles. The van der Waals surface area contributed by atoms with Gasteiger partial charge in [0.25, 0.3) is 0 Å². The quantitative estimate of drug-likeness (QED) is 0.854. The molecule has 2 aromatic rings. The Hall–Kier alpha value is -1.80. The van der Waals surface area contributed by atoms with Crippen molar-refractivity contribution in [3.05, 3.63) is 65.7 Å². The van der Waals surface area contributed by atoms with Gasteiger partial charge in [-0.15, -0.1) is 0 Å². The fraction of sp³-hybridized carbons (Fsp3) is 0.368. The third-order valence-electron chi connectivity index (χ3n) is 4.01. The van der Waals surface area contributed by atoms with Crippen LogP contribution in [0.1, 0.15) is 36.9 Å². The lowest BCUT2D eigenvalue weighted by atomic mass is 9.99. The number of nitrogens with one attached hydrogen (secondary N) is 1. The lowest BCUT2D eigenvalue weighted by molar-refractivity contribution is 0.589. The molecule has 0 saturated carbocycles. The van der Waals surface area contributed by atoms with E-state index in [0.29, 0.717) is 12.0 Å². The molecule has 0 spiro atoms. The lowest BCUT2D eigenvalue weighted by Crippen LogP contribution is -2.31. The van der Waals surface area contributed by atoms with Crippen LogP contribution >= 0.6 is 0 Å². The van der Waals surface area contributed by atoms with E-state index < -0.39 is 0 Å². The van der Waals surface area contributed by atoms with Crippen molar-refractivity contribution in [1.29, 1.82) is 0 Å². The molecule has 1 unspecified atom stereocenters. The topological polar surface area (TPSA) is 15.3 Å². The van der Waals surface area contributed by atoms with Gasteiger partial charge in [-0.25, -0.2) is 0 Å². The molecule has 0 amide bonds. The third-order valence-corrected chi connectivity index (χ3v) is 4.01. The Kier molecular flexibility index (Phi) is 5.40. The van der Waals surface area contributed by atoms with Crippen molar-refractivity contribution in [2.45, 2.75) is 25.8 Å². The normalized spacial score (nSPS) is 12.4. The van der Waals surface area contributed by atoms with Crippen LogP contribution < -0.4 is 10.2 Å². The summed E-state index contributed by atoms with van der Waals surface area (Å²) < 4.78 is 0. The highest BCUT2D eigenvalue weighted by Crippen LogP contribution is 2.21. The molecular weight excluding hydrogens is 256 g/mol. The smallest absolute Gasteiger partial charge is 0.0495 e. The number of benzene rings is 2. The first-order chi connectivity index (χ1) is 10.1. The molecule has 0 bridgehead atoms. The number of nitrogens with zero attached hydrogens (tertiary/aromatic N) is 1. The first-order valence-electron chi connectivity index (χ1n) is 7.65. The maximum atomic E-state index is 3.43. The molecule has 2 nitrogen and oxygen atoms in total. The molecule has 0 fully saturated rings. The highest BCUT2D eigenvalue weighted by molar-refractivity contribution is 5.45. The Bertz CT molecular complexity index is 531. The van der Waals surface area contributed by atoms with Gasteiger partial charge in [-0.05, 0) is 36.2 Å². The minimum absolute atomic E-state index is 0.330. The Morgan fingerprint density at radius 1 is 0.905 bits per heavy atom. The predicted molar refractivity (Wildman–Crippen MR) is 92.0 cm³/mol. The van der Waals surface area contributed by atoms with Crippen LogP contribution in [0.3, 0.4) is 0 Å². The third kappa shape index (κ3) is 4.08. The van der Waals surface area contributed by atoms with Crippen LogP contribution in [-0.4, -0.2) is 20.6 Å². The fourth-order valence-electron chi connectivity index (χ4n) is 2.54. The zero-order chi connectivity index (χ0) is 15.2. The SMILES string of the molecule is CNC(CN(C)c1ccccc1)c1ccc(C(C)C)cc1. The Morgan fingerprint density at radius 2 is 1.48 bits per heavy atom. The second kappa shape index (κ2) is 7.28. The highest BCUT2D eigenvalue weighted by atomic mass is 15.1. The minimum atomic E-state index is 0.330. The Balaban J connectivity index is 2.09. The molecule has 2 rings (SSSR count). The van der Waals surface area contributed by atoms with E-state index in [0.717, 1.165) is 6.54 Å². The molecule has 0 radical (unpaired) electrons. The molecule has 2 aromatic carbocycles. The molecule has 112 valence electrons. The monoisotopic (exact) mass is 282 g/mol. The predicted octanol–water partition coefficient (Wildman–Crippen LogP) is 4.21. The molecule has 0 aromatic heterocycles. The average molecular weight is 282 g/mol. The van der Waals surface area contributed by atoms with Crippen molar-refractivity contribution in [3.8, 4) is 0 Å². The van der Waals surface area contributed by atoms with Crippen LogP contribution in [0, 0.1) is 0 Å². The lowest BCUT2D eigenvalue weighted by Gasteiger charge is -2.26. The van der Waals surface area contributed by atoms with Crippen molar-refractivity contribution in [1.82, 2.24) is 5.32 Å². The van der Waals surface area contributed by atoms with Gasteiger partial charge in [-0.1, -0.05) is 56.3 Å². The van der Waals surface area contributed by atoms with Gasteiger partial charge >= 0.3 is 0 Å². The first kappa shape index (κ1) is 15.6. The van der Waals surface area contributed by atoms with Crippen LogP contribution in [0.15, 0.2) is 54.6 Å². The van der Waals surface area contributed by atoms with Gasteiger partial charge < -0.3 is 10.2 Å². The van der Waals surface area contributed by atoms with E-state index in [2.05, 4.69) is 85.7 Å². The largest absolute Gasteiger partial charge is 0.373 e. The van der Waals surface area contributed by atoms with Crippen LogP contribution in [0.5, 0.6) is 0 Å². The molecule has 2 heteroatoms. The Labute approximate surface area is 128 Å². The maximum Gasteiger partial charge on any atom is 0.0495 e. The van der Waals surface area contributed by atoms with E-state index in [4.69, 9.17) is 0 Å². The van der Waals surface area contributed by atoms with Crippen LogP contribution in [0.2, 0.25) is 0 Å². The second-order valence-corrected chi connectivity index (χ2v) is 5.88. The van der Waals surface area contributed by atoms with Crippen molar-refractivity contribution in [3.63, 3.8) is 0 Å². The summed E-state index contributed by atoms with van der Waals surface area (Å²) in [6.45, 7) is 5.41. The maximum absolute atomic E-state index is 3.43. The van der Waals surface area contributed by atoms with Gasteiger partial charge in [0.05, 0.1) is 0 Å². The summed E-state index contributed by atoms with van der Waals surface area (Å²) in [6, 6.07) is 19.8. The highest BCUT2D eigenvalue weighted by Gasteiger charge is 2.12. The molecule has 1 N–H and O–H groups in total. The summed E-state index contributed by atoms with van der Waals surface area (Å²) in [4.78, 5) is 2.29. The standard InChI is InChI=1S/C19H26N2/c1-15(2)16-10-12-17(13-11-16)19(20-3)14-21(4)18-8-6-5-7-9-18/h5-13,15,19-20H,14H2,1-4H3. The van der Waals surface area contributed by atoms with E-state index in [-0.39, 0.29) is 0 Å². The van der Waals surface area contributed by atoms with Crippen molar-refractivity contribution < 1.29 is 0 Å². The van der Waals surface area contributed by atoms with Crippen molar-refractivity contribution >= 4 is 5.69 Å². The first-order valence-corrected chi connectivity index (χ1v) is 7.65. The average Bonchev–Trinajstić information content (AvgIpc) is 2.53. The van der Waals surface area contributed by atoms with Gasteiger partial charge in [0.2, 0.25) is 0 Å². The zero-order valence-electron chi connectivity index (χ0n) is 13.5. The van der Waals surface area contributed by atoms with Crippen LogP contribution in [-0.2, 0) is 0 Å². The number of hydrogen-bond donors (Lipinski definition) is 1. The van der Waals surface area contributed by atoms with Gasteiger partial charge in [0, 0.05) is 25.3 Å². The summed E-state index contributed by atoms with van der Waals surface area (Å²) in [5.74, 6) is 0.582. The van der Waals surface area contributed by atoms with E-state index in [1.54, 1.807) is 0 Å². The van der Waals surface area contributed by atoms with Gasteiger partial charge in [0.15, 0.2) is 0 Å². The zero-order valence-corrected chi connectivity index (χ0v) is 13.5. The number of likely N-dealkylation sites (N-methyl/N-ethyl adjacent to an activating group) is 2. The van der Waals surface area contributed by atoms with Crippen LogP contribution in [0.25, 0.3) is 0 Å². The van der Waals surface area contributed by atoms with E-state index in [1.807, 2.05) is 7.05 Å². The molecule has 0 aliphatic heterocycles. The fourth-order valence-corrected chi connectivity index (χ4v) is 2.54. The number of anilines is 1. The molecule has 21 heavy (non-hydrogen) atoms. The van der Waals surface area contributed by atoms with Gasteiger partial charge in [0.1, 0.15) is 0 Å².